The van der Waals surface area contributed by atoms with Gasteiger partial charge < -0.3 is 9.84 Å². The molecule has 2 aromatic rings. The molecule has 0 aromatic carbocycles. The molecular formula is C10H12N4O. The molecule has 0 atom stereocenters. The normalized spacial score (nSPS) is 10.3. The Morgan fingerprint density at radius 2 is 2.33 bits per heavy atom. The van der Waals surface area contributed by atoms with E-state index in [4.69, 9.17) is 4.52 Å². The molecule has 0 saturated heterocycles. The van der Waals surface area contributed by atoms with Gasteiger partial charge in [0, 0.05) is 24.5 Å². The Hall–Kier alpha value is -1.91. The molecule has 2 aromatic heterocycles. The Morgan fingerprint density at radius 3 is 3.07 bits per heavy atom. The Kier molecular flexibility index (Phi) is 2.62. The Bertz CT molecular complexity index is 452. The van der Waals surface area contributed by atoms with Crippen LogP contribution in [0.25, 0.3) is 11.4 Å². The summed E-state index contributed by atoms with van der Waals surface area (Å²) in [6.45, 7) is 4.70. The van der Waals surface area contributed by atoms with E-state index < -0.39 is 0 Å². The van der Waals surface area contributed by atoms with E-state index in [2.05, 4.69) is 20.4 Å². The fourth-order valence-electron chi connectivity index (χ4n) is 1.28. The summed E-state index contributed by atoms with van der Waals surface area (Å²) in [5.74, 6) is 0.589. The van der Waals surface area contributed by atoms with E-state index in [1.54, 1.807) is 12.4 Å². The maximum Gasteiger partial charge on any atom is 0.321 e. The topological polar surface area (TPSA) is 63.8 Å². The molecule has 0 aliphatic carbocycles. The van der Waals surface area contributed by atoms with Gasteiger partial charge in [0.1, 0.15) is 0 Å². The third kappa shape index (κ3) is 1.96. The van der Waals surface area contributed by atoms with Crippen molar-refractivity contribution in [1.29, 1.82) is 0 Å². The fraction of sp³-hybridized carbons (Fsp3) is 0.300. The summed E-state index contributed by atoms with van der Waals surface area (Å²) in [5, 5.41) is 6.85. The predicted octanol–water partition coefficient (Wildman–Crippen LogP) is 1.87. The highest BCUT2D eigenvalue weighted by Gasteiger charge is 2.09. The van der Waals surface area contributed by atoms with Crippen LogP contribution in [0.15, 0.2) is 23.0 Å². The Labute approximate surface area is 87.5 Å². The van der Waals surface area contributed by atoms with Crippen LogP contribution in [0.4, 0.5) is 6.01 Å². The van der Waals surface area contributed by atoms with E-state index in [1.165, 1.54) is 0 Å². The zero-order chi connectivity index (χ0) is 10.7. The van der Waals surface area contributed by atoms with Gasteiger partial charge in [0.2, 0.25) is 5.82 Å². The van der Waals surface area contributed by atoms with Crippen LogP contribution in [0.5, 0.6) is 0 Å². The minimum Gasteiger partial charge on any atom is -0.338 e. The SMILES string of the molecule is CCNc1nc(-c2ccncc2C)no1. The number of aromatic nitrogens is 3. The molecule has 2 rings (SSSR count). The van der Waals surface area contributed by atoms with Gasteiger partial charge in [-0.1, -0.05) is 5.16 Å². The van der Waals surface area contributed by atoms with Crippen LogP contribution < -0.4 is 5.32 Å². The molecule has 1 N–H and O–H groups in total. The van der Waals surface area contributed by atoms with Crippen LogP contribution in [0, 0.1) is 6.92 Å². The van der Waals surface area contributed by atoms with E-state index in [0.29, 0.717) is 11.8 Å². The smallest absolute Gasteiger partial charge is 0.321 e. The molecule has 0 aliphatic heterocycles. The summed E-state index contributed by atoms with van der Waals surface area (Å²) >= 11 is 0. The quantitative estimate of drug-likeness (QED) is 0.826. The van der Waals surface area contributed by atoms with Crippen molar-refractivity contribution in [3.63, 3.8) is 0 Å². The summed E-state index contributed by atoms with van der Waals surface area (Å²) in [6, 6.07) is 2.32. The van der Waals surface area contributed by atoms with E-state index in [-0.39, 0.29) is 0 Å². The minimum atomic E-state index is 0.448. The molecule has 0 bridgehead atoms. The number of nitrogens with zero attached hydrogens (tertiary/aromatic N) is 3. The first kappa shape index (κ1) is 9.64. The molecule has 0 unspecified atom stereocenters. The molecule has 0 fully saturated rings. The molecule has 0 aliphatic rings. The monoisotopic (exact) mass is 204 g/mol. The average Bonchev–Trinajstić information content (AvgIpc) is 2.68. The highest BCUT2D eigenvalue weighted by atomic mass is 16.5. The molecule has 0 spiro atoms. The van der Waals surface area contributed by atoms with E-state index in [9.17, 15) is 0 Å². The summed E-state index contributed by atoms with van der Waals surface area (Å²) in [7, 11) is 0. The van der Waals surface area contributed by atoms with Gasteiger partial charge >= 0.3 is 6.01 Å². The number of hydrogen-bond acceptors (Lipinski definition) is 5. The summed E-state index contributed by atoms with van der Waals surface area (Å²) in [4.78, 5) is 8.23. The summed E-state index contributed by atoms with van der Waals surface area (Å²) in [5.41, 5.74) is 1.97. The van der Waals surface area contributed by atoms with Crippen molar-refractivity contribution >= 4 is 6.01 Å². The molecule has 0 radical (unpaired) electrons. The molecule has 15 heavy (non-hydrogen) atoms. The lowest BCUT2D eigenvalue weighted by molar-refractivity contribution is 0.432. The van der Waals surface area contributed by atoms with Gasteiger partial charge in [-0.05, 0) is 25.5 Å². The van der Waals surface area contributed by atoms with E-state index in [0.717, 1.165) is 17.7 Å². The van der Waals surface area contributed by atoms with Crippen molar-refractivity contribution in [3.05, 3.63) is 24.0 Å². The molecular weight excluding hydrogens is 192 g/mol. The van der Waals surface area contributed by atoms with Crippen LogP contribution in [-0.2, 0) is 0 Å². The van der Waals surface area contributed by atoms with Crippen molar-refractivity contribution in [2.45, 2.75) is 13.8 Å². The highest BCUT2D eigenvalue weighted by molar-refractivity contribution is 5.58. The van der Waals surface area contributed by atoms with Gasteiger partial charge in [-0.15, -0.1) is 0 Å². The van der Waals surface area contributed by atoms with E-state index in [1.807, 2.05) is 19.9 Å². The largest absolute Gasteiger partial charge is 0.338 e. The maximum absolute atomic E-state index is 5.02. The number of rotatable bonds is 3. The number of hydrogen-bond donors (Lipinski definition) is 1. The fourth-order valence-corrected chi connectivity index (χ4v) is 1.28. The highest BCUT2D eigenvalue weighted by Crippen LogP contribution is 2.19. The van der Waals surface area contributed by atoms with Crippen molar-refractivity contribution in [1.82, 2.24) is 15.1 Å². The molecule has 5 nitrogen and oxygen atoms in total. The first-order valence-corrected chi connectivity index (χ1v) is 4.80. The van der Waals surface area contributed by atoms with Gasteiger partial charge in [-0.2, -0.15) is 4.98 Å². The van der Waals surface area contributed by atoms with Crippen molar-refractivity contribution < 1.29 is 4.52 Å². The van der Waals surface area contributed by atoms with Gasteiger partial charge in [-0.3, -0.25) is 4.98 Å². The Balaban J connectivity index is 2.33. The lowest BCUT2D eigenvalue weighted by Crippen LogP contribution is -1.96. The lowest BCUT2D eigenvalue weighted by atomic mass is 10.1. The standard InChI is InChI=1S/C10H12N4O/c1-3-12-10-13-9(14-15-10)8-4-5-11-6-7(8)2/h4-6H,3H2,1-2H3,(H,12,13,14). The summed E-state index contributed by atoms with van der Waals surface area (Å²) < 4.78 is 5.02. The van der Waals surface area contributed by atoms with Gasteiger partial charge in [0.25, 0.3) is 0 Å². The second kappa shape index (κ2) is 4.08. The average molecular weight is 204 g/mol. The van der Waals surface area contributed by atoms with Gasteiger partial charge in [0.15, 0.2) is 0 Å². The molecule has 2 heterocycles. The third-order valence-electron chi connectivity index (χ3n) is 2.02. The van der Waals surface area contributed by atoms with E-state index >= 15 is 0 Å². The molecule has 0 amide bonds. The number of pyridine rings is 1. The second-order valence-electron chi connectivity index (χ2n) is 3.14. The first-order valence-electron chi connectivity index (χ1n) is 4.80. The zero-order valence-electron chi connectivity index (χ0n) is 8.69. The van der Waals surface area contributed by atoms with Gasteiger partial charge in [0.05, 0.1) is 0 Å². The van der Waals surface area contributed by atoms with Crippen LogP contribution >= 0.6 is 0 Å². The maximum atomic E-state index is 5.02. The van der Waals surface area contributed by atoms with Crippen LogP contribution in [-0.4, -0.2) is 21.7 Å². The summed E-state index contributed by atoms with van der Waals surface area (Å²) in [6.07, 6.45) is 3.49. The van der Waals surface area contributed by atoms with Crippen molar-refractivity contribution in [3.8, 4) is 11.4 Å². The van der Waals surface area contributed by atoms with Crippen molar-refractivity contribution in [2.24, 2.45) is 0 Å². The second-order valence-corrected chi connectivity index (χ2v) is 3.14. The molecule has 5 heteroatoms. The van der Waals surface area contributed by atoms with Crippen LogP contribution in [0.1, 0.15) is 12.5 Å². The number of nitrogens with one attached hydrogen (secondary N) is 1. The first-order chi connectivity index (χ1) is 7.31. The minimum absolute atomic E-state index is 0.448. The van der Waals surface area contributed by atoms with Crippen molar-refractivity contribution in [2.75, 3.05) is 11.9 Å². The number of aryl methyl sites for hydroxylation is 1. The van der Waals surface area contributed by atoms with Gasteiger partial charge in [-0.25, -0.2) is 0 Å². The predicted molar refractivity (Wildman–Crippen MR) is 56.4 cm³/mol. The third-order valence-corrected chi connectivity index (χ3v) is 2.02. The zero-order valence-corrected chi connectivity index (χ0v) is 8.69. The number of anilines is 1. The molecule has 0 saturated carbocycles. The lowest BCUT2D eigenvalue weighted by Gasteiger charge is -1.97. The van der Waals surface area contributed by atoms with Crippen LogP contribution in [0.2, 0.25) is 0 Å². The van der Waals surface area contributed by atoms with Crippen LogP contribution in [0.3, 0.4) is 0 Å². The Morgan fingerprint density at radius 1 is 1.47 bits per heavy atom. The molecule has 78 valence electrons.